The number of hydrogen-bond acceptors (Lipinski definition) is 6. The predicted molar refractivity (Wildman–Crippen MR) is 89.2 cm³/mol. The van der Waals surface area contributed by atoms with Gasteiger partial charge in [0.1, 0.15) is 0 Å². The van der Waals surface area contributed by atoms with Crippen molar-refractivity contribution < 1.29 is 13.9 Å². The summed E-state index contributed by atoms with van der Waals surface area (Å²) >= 11 is 1.58. The number of hydrogen-bond donors (Lipinski definition) is 0. The number of ether oxygens (including phenoxy) is 1. The Labute approximate surface area is 144 Å². The van der Waals surface area contributed by atoms with Crippen molar-refractivity contribution >= 4 is 17.2 Å². The van der Waals surface area contributed by atoms with E-state index in [4.69, 9.17) is 9.15 Å². The zero-order chi connectivity index (χ0) is 16.8. The maximum Gasteiger partial charge on any atom is 0.264 e. The highest BCUT2D eigenvalue weighted by atomic mass is 32.1. The Kier molecular flexibility index (Phi) is 3.92. The van der Waals surface area contributed by atoms with Gasteiger partial charge in [-0.3, -0.25) is 4.79 Å². The molecule has 0 radical (unpaired) electrons. The van der Waals surface area contributed by atoms with Gasteiger partial charge < -0.3 is 14.1 Å². The molecule has 0 aromatic carbocycles. The molecule has 2 aliphatic rings. The summed E-state index contributed by atoms with van der Waals surface area (Å²) < 4.78 is 11.6. The Morgan fingerprint density at radius 3 is 2.79 bits per heavy atom. The lowest BCUT2D eigenvalue weighted by Crippen LogP contribution is -2.31. The Morgan fingerprint density at radius 2 is 2.17 bits per heavy atom. The van der Waals surface area contributed by atoms with Crippen molar-refractivity contribution in [1.82, 2.24) is 15.1 Å². The highest BCUT2D eigenvalue weighted by Gasteiger charge is 2.44. The van der Waals surface area contributed by atoms with Gasteiger partial charge >= 0.3 is 0 Å². The summed E-state index contributed by atoms with van der Waals surface area (Å²) in [4.78, 5) is 16.7. The van der Waals surface area contributed by atoms with Crippen LogP contribution in [0.5, 0.6) is 0 Å². The van der Waals surface area contributed by atoms with Gasteiger partial charge in [-0.1, -0.05) is 0 Å². The van der Waals surface area contributed by atoms with Crippen molar-refractivity contribution in [3.63, 3.8) is 0 Å². The summed E-state index contributed by atoms with van der Waals surface area (Å²) in [5.41, 5.74) is 1.19. The van der Waals surface area contributed by atoms with Gasteiger partial charge in [-0.05, 0) is 31.9 Å². The monoisotopic (exact) mass is 347 g/mol. The molecule has 0 aliphatic carbocycles. The molecule has 2 aliphatic heterocycles. The van der Waals surface area contributed by atoms with Crippen LogP contribution in [0.25, 0.3) is 0 Å². The molecule has 1 amide bonds. The molecule has 7 heteroatoms. The van der Waals surface area contributed by atoms with Crippen LogP contribution in [0.3, 0.4) is 0 Å². The van der Waals surface area contributed by atoms with E-state index in [1.165, 1.54) is 10.4 Å². The zero-order valence-corrected chi connectivity index (χ0v) is 14.9. The molecule has 2 saturated heterocycles. The first kappa shape index (κ1) is 15.8. The third-order valence-electron chi connectivity index (χ3n) is 4.95. The lowest BCUT2D eigenvalue weighted by Gasteiger charge is -2.18. The maximum absolute atomic E-state index is 12.7. The summed E-state index contributed by atoms with van der Waals surface area (Å²) in [6.45, 7) is 7.35. The van der Waals surface area contributed by atoms with Gasteiger partial charge in [0.25, 0.3) is 5.91 Å². The molecular weight excluding hydrogens is 326 g/mol. The number of amides is 1. The van der Waals surface area contributed by atoms with Crippen molar-refractivity contribution in [3.05, 3.63) is 33.2 Å². The number of likely N-dealkylation sites (tertiary alicyclic amines) is 1. The SMILES string of the molecule is Cc1nnc(C[C@@H]2C[C@H]3CN(C(=O)c4cc(C)c(C)s4)C[C@H]3O2)o1. The van der Waals surface area contributed by atoms with E-state index in [0.717, 1.165) is 17.8 Å². The third kappa shape index (κ3) is 2.86. The molecule has 4 heterocycles. The van der Waals surface area contributed by atoms with Crippen molar-refractivity contribution in [2.24, 2.45) is 5.92 Å². The third-order valence-corrected chi connectivity index (χ3v) is 6.09. The van der Waals surface area contributed by atoms with E-state index >= 15 is 0 Å². The lowest BCUT2D eigenvalue weighted by molar-refractivity contribution is 0.0336. The van der Waals surface area contributed by atoms with E-state index < -0.39 is 0 Å². The average Bonchev–Trinajstić information content (AvgIpc) is 3.25. The normalized spacial score (nSPS) is 26.1. The van der Waals surface area contributed by atoms with Crippen LogP contribution < -0.4 is 0 Å². The first-order chi connectivity index (χ1) is 11.5. The number of carbonyl (C=O) groups excluding carboxylic acids is 1. The second-order valence-electron chi connectivity index (χ2n) is 6.77. The second-order valence-corrected chi connectivity index (χ2v) is 8.03. The quantitative estimate of drug-likeness (QED) is 0.853. The number of nitrogens with zero attached hydrogens (tertiary/aromatic N) is 3. The van der Waals surface area contributed by atoms with Crippen LogP contribution in [0.2, 0.25) is 0 Å². The molecule has 24 heavy (non-hydrogen) atoms. The number of rotatable bonds is 3. The van der Waals surface area contributed by atoms with Crippen LogP contribution >= 0.6 is 11.3 Å². The van der Waals surface area contributed by atoms with E-state index in [9.17, 15) is 4.79 Å². The minimum absolute atomic E-state index is 0.114. The van der Waals surface area contributed by atoms with E-state index in [0.29, 0.717) is 30.7 Å². The summed E-state index contributed by atoms with van der Waals surface area (Å²) in [6.07, 6.45) is 1.84. The fraction of sp³-hybridized carbons (Fsp3) is 0.588. The minimum atomic E-state index is 0.114. The summed E-state index contributed by atoms with van der Waals surface area (Å²) in [6, 6.07) is 2.00. The number of aromatic nitrogens is 2. The second kappa shape index (κ2) is 5.97. The van der Waals surface area contributed by atoms with E-state index in [1.807, 2.05) is 17.9 Å². The molecule has 0 saturated carbocycles. The molecule has 2 fully saturated rings. The highest BCUT2D eigenvalue weighted by Crippen LogP contribution is 2.35. The van der Waals surface area contributed by atoms with Gasteiger partial charge in [0.15, 0.2) is 0 Å². The Balaban J connectivity index is 1.36. The van der Waals surface area contributed by atoms with Crippen LogP contribution in [0, 0.1) is 26.7 Å². The Bertz CT molecular complexity index is 735. The van der Waals surface area contributed by atoms with E-state index in [-0.39, 0.29) is 18.1 Å². The number of aryl methyl sites for hydroxylation is 3. The van der Waals surface area contributed by atoms with Crippen LogP contribution in [0.1, 0.15) is 38.3 Å². The van der Waals surface area contributed by atoms with Gasteiger partial charge in [-0.2, -0.15) is 0 Å². The van der Waals surface area contributed by atoms with E-state index in [2.05, 4.69) is 17.1 Å². The number of carbonyl (C=O) groups is 1. The molecule has 0 unspecified atom stereocenters. The highest BCUT2D eigenvalue weighted by molar-refractivity contribution is 7.14. The zero-order valence-electron chi connectivity index (χ0n) is 14.1. The Morgan fingerprint density at radius 1 is 1.33 bits per heavy atom. The van der Waals surface area contributed by atoms with Gasteiger partial charge in [-0.25, -0.2) is 0 Å². The van der Waals surface area contributed by atoms with Crippen LogP contribution in [-0.4, -0.2) is 46.3 Å². The molecule has 6 nitrogen and oxygen atoms in total. The van der Waals surface area contributed by atoms with E-state index in [1.54, 1.807) is 18.3 Å². The van der Waals surface area contributed by atoms with Crippen LogP contribution in [0.4, 0.5) is 0 Å². The number of fused-ring (bicyclic) bond motifs is 1. The van der Waals surface area contributed by atoms with Crippen molar-refractivity contribution in [3.8, 4) is 0 Å². The fourth-order valence-electron chi connectivity index (χ4n) is 3.61. The largest absolute Gasteiger partial charge is 0.426 e. The smallest absolute Gasteiger partial charge is 0.264 e. The first-order valence-corrected chi connectivity index (χ1v) is 9.12. The topological polar surface area (TPSA) is 68.5 Å². The lowest BCUT2D eigenvalue weighted by atomic mass is 10.0. The van der Waals surface area contributed by atoms with Gasteiger partial charge in [0.2, 0.25) is 11.8 Å². The Hall–Kier alpha value is -1.73. The molecular formula is C17H21N3O3S. The first-order valence-electron chi connectivity index (χ1n) is 8.30. The van der Waals surface area contributed by atoms with Crippen molar-refractivity contribution in [2.45, 2.75) is 45.8 Å². The molecule has 2 aromatic rings. The maximum atomic E-state index is 12.7. The van der Waals surface area contributed by atoms with Crippen molar-refractivity contribution in [1.29, 1.82) is 0 Å². The van der Waals surface area contributed by atoms with Gasteiger partial charge in [0.05, 0.1) is 23.5 Å². The van der Waals surface area contributed by atoms with Crippen LogP contribution in [-0.2, 0) is 11.2 Å². The minimum Gasteiger partial charge on any atom is -0.426 e. The molecule has 0 N–H and O–H groups in total. The fourth-order valence-corrected chi connectivity index (χ4v) is 4.61. The van der Waals surface area contributed by atoms with Crippen molar-refractivity contribution in [2.75, 3.05) is 13.1 Å². The molecule has 2 aromatic heterocycles. The summed E-state index contributed by atoms with van der Waals surface area (Å²) in [7, 11) is 0. The molecule has 128 valence electrons. The van der Waals surface area contributed by atoms with Crippen LogP contribution in [0.15, 0.2) is 10.5 Å². The summed E-state index contributed by atoms with van der Waals surface area (Å²) in [5.74, 6) is 1.76. The predicted octanol–water partition coefficient (Wildman–Crippen LogP) is 2.53. The molecule has 0 spiro atoms. The van der Waals surface area contributed by atoms with Gasteiger partial charge in [-0.15, -0.1) is 21.5 Å². The molecule has 3 atom stereocenters. The summed E-state index contributed by atoms with van der Waals surface area (Å²) in [5, 5.41) is 7.89. The number of thiophene rings is 1. The molecule has 0 bridgehead atoms. The molecule has 4 rings (SSSR count). The van der Waals surface area contributed by atoms with Gasteiger partial charge in [0, 0.05) is 30.8 Å². The standard InChI is InChI=1S/C17H21N3O3S/c1-9-4-15(24-10(9)2)17(21)20-7-12-5-13(23-14(12)8-20)6-16-19-18-11(3)22-16/h4,12-14H,5-8H2,1-3H3/t12-,13-,14+/m0/s1. The average molecular weight is 347 g/mol.